The summed E-state index contributed by atoms with van der Waals surface area (Å²) in [6.45, 7) is 5.28. The second-order valence-corrected chi connectivity index (χ2v) is 4.63. The van der Waals surface area contributed by atoms with Gasteiger partial charge in [-0.3, -0.25) is 4.79 Å². The highest BCUT2D eigenvalue weighted by Gasteiger charge is 2.16. The van der Waals surface area contributed by atoms with E-state index in [0.29, 0.717) is 19.1 Å². The van der Waals surface area contributed by atoms with Crippen LogP contribution in [0.25, 0.3) is 0 Å². The summed E-state index contributed by atoms with van der Waals surface area (Å²) in [5, 5.41) is 12.1. The van der Waals surface area contributed by atoms with Gasteiger partial charge in [0.15, 0.2) is 0 Å². The SMILES string of the molecule is CCC(C)N(C)CCNC(=O)c1c(O)cccc1F. The molecule has 0 fully saturated rings. The van der Waals surface area contributed by atoms with Crippen molar-refractivity contribution in [2.24, 2.45) is 0 Å². The predicted molar refractivity (Wildman–Crippen MR) is 72.8 cm³/mol. The first-order valence-electron chi connectivity index (χ1n) is 6.43. The van der Waals surface area contributed by atoms with Crippen LogP contribution in [-0.4, -0.2) is 42.1 Å². The van der Waals surface area contributed by atoms with E-state index >= 15 is 0 Å². The lowest BCUT2D eigenvalue weighted by Gasteiger charge is -2.23. The lowest BCUT2D eigenvalue weighted by atomic mass is 10.1. The molecule has 0 bridgehead atoms. The molecule has 1 aromatic rings. The van der Waals surface area contributed by atoms with Crippen molar-refractivity contribution in [1.82, 2.24) is 10.2 Å². The Morgan fingerprint density at radius 1 is 1.53 bits per heavy atom. The Kier molecular flexibility index (Phi) is 5.76. The Bertz CT molecular complexity index is 417. The van der Waals surface area contributed by atoms with E-state index in [1.54, 1.807) is 0 Å². The highest BCUT2D eigenvalue weighted by molar-refractivity contribution is 5.97. The van der Waals surface area contributed by atoms with Crippen LogP contribution in [0, 0.1) is 5.82 Å². The van der Waals surface area contributed by atoms with Gasteiger partial charge in [0.25, 0.3) is 5.91 Å². The number of halogens is 1. The summed E-state index contributed by atoms with van der Waals surface area (Å²) in [6.07, 6.45) is 1.03. The zero-order chi connectivity index (χ0) is 14.4. The molecule has 1 atom stereocenters. The molecule has 1 aromatic carbocycles. The van der Waals surface area contributed by atoms with Crippen molar-refractivity contribution in [3.63, 3.8) is 0 Å². The van der Waals surface area contributed by atoms with Crippen LogP contribution >= 0.6 is 0 Å². The molecule has 0 aliphatic heterocycles. The van der Waals surface area contributed by atoms with Crippen molar-refractivity contribution in [2.75, 3.05) is 20.1 Å². The molecule has 0 heterocycles. The quantitative estimate of drug-likeness (QED) is 0.829. The highest BCUT2D eigenvalue weighted by Crippen LogP contribution is 2.19. The van der Waals surface area contributed by atoms with Gasteiger partial charge in [-0.25, -0.2) is 4.39 Å². The van der Waals surface area contributed by atoms with E-state index in [4.69, 9.17) is 0 Å². The molecule has 19 heavy (non-hydrogen) atoms. The summed E-state index contributed by atoms with van der Waals surface area (Å²) in [5.41, 5.74) is -0.298. The first-order valence-corrected chi connectivity index (χ1v) is 6.43. The third-order valence-corrected chi connectivity index (χ3v) is 3.31. The molecule has 1 amide bonds. The number of nitrogens with one attached hydrogen (secondary N) is 1. The molecule has 1 unspecified atom stereocenters. The van der Waals surface area contributed by atoms with Crippen LogP contribution < -0.4 is 5.32 Å². The van der Waals surface area contributed by atoms with Gasteiger partial charge in [0, 0.05) is 19.1 Å². The van der Waals surface area contributed by atoms with Crippen LogP contribution in [0.3, 0.4) is 0 Å². The van der Waals surface area contributed by atoms with E-state index in [1.165, 1.54) is 12.1 Å². The van der Waals surface area contributed by atoms with Crippen molar-refractivity contribution < 1.29 is 14.3 Å². The summed E-state index contributed by atoms with van der Waals surface area (Å²) in [7, 11) is 1.97. The van der Waals surface area contributed by atoms with Gasteiger partial charge in [0.2, 0.25) is 0 Å². The number of likely N-dealkylation sites (N-methyl/N-ethyl adjacent to an activating group) is 1. The van der Waals surface area contributed by atoms with E-state index in [1.807, 2.05) is 7.05 Å². The van der Waals surface area contributed by atoms with Crippen molar-refractivity contribution in [3.05, 3.63) is 29.6 Å². The maximum Gasteiger partial charge on any atom is 0.258 e. The monoisotopic (exact) mass is 268 g/mol. The Balaban J connectivity index is 2.53. The number of hydrogen-bond donors (Lipinski definition) is 2. The molecule has 1 rings (SSSR count). The van der Waals surface area contributed by atoms with E-state index in [9.17, 15) is 14.3 Å². The second-order valence-electron chi connectivity index (χ2n) is 4.63. The number of phenolic OH excluding ortho intramolecular Hbond substituents is 1. The van der Waals surface area contributed by atoms with Gasteiger partial charge >= 0.3 is 0 Å². The smallest absolute Gasteiger partial charge is 0.258 e. The number of aromatic hydroxyl groups is 1. The van der Waals surface area contributed by atoms with Gasteiger partial charge in [-0.1, -0.05) is 13.0 Å². The predicted octanol–water partition coefficient (Wildman–Crippen LogP) is 1.99. The van der Waals surface area contributed by atoms with E-state index < -0.39 is 11.7 Å². The lowest BCUT2D eigenvalue weighted by molar-refractivity contribution is 0.0940. The number of rotatable bonds is 6. The molecule has 0 radical (unpaired) electrons. The van der Waals surface area contributed by atoms with Crippen LogP contribution in [0.2, 0.25) is 0 Å². The van der Waals surface area contributed by atoms with Crippen molar-refractivity contribution in [1.29, 1.82) is 0 Å². The maximum absolute atomic E-state index is 13.4. The maximum atomic E-state index is 13.4. The van der Waals surface area contributed by atoms with Gasteiger partial charge in [-0.2, -0.15) is 0 Å². The Morgan fingerprint density at radius 2 is 2.21 bits per heavy atom. The summed E-state index contributed by atoms with van der Waals surface area (Å²) >= 11 is 0. The lowest BCUT2D eigenvalue weighted by Crippen LogP contribution is -2.37. The molecular weight excluding hydrogens is 247 g/mol. The van der Waals surface area contributed by atoms with Crippen LogP contribution in [0.5, 0.6) is 5.75 Å². The molecule has 0 saturated carbocycles. The Labute approximate surface area is 113 Å². The topological polar surface area (TPSA) is 52.6 Å². The first-order chi connectivity index (χ1) is 8.97. The molecule has 0 aromatic heterocycles. The number of nitrogens with zero attached hydrogens (tertiary/aromatic N) is 1. The number of hydrogen-bond acceptors (Lipinski definition) is 3. The minimum absolute atomic E-state index is 0.298. The fourth-order valence-electron chi connectivity index (χ4n) is 1.70. The van der Waals surface area contributed by atoms with E-state index in [0.717, 1.165) is 12.5 Å². The van der Waals surface area contributed by atoms with Gasteiger partial charge in [0.1, 0.15) is 17.1 Å². The van der Waals surface area contributed by atoms with E-state index in [-0.39, 0.29) is 11.3 Å². The average molecular weight is 268 g/mol. The first kappa shape index (κ1) is 15.4. The second kappa shape index (κ2) is 7.09. The third kappa shape index (κ3) is 4.21. The fraction of sp³-hybridized carbons (Fsp3) is 0.500. The number of benzene rings is 1. The largest absolute Gasteiger partial charge is 0.507 e. The molecule has 5 heteroatoms. The zero-order valence-electron chi connectivity index (χ0n) is 11.6. The van der Waals surface area contributed by atoms with Gasteiger partial charge < -0.3 is 15.3 Å². The number of phenols is 1. The minimum Gasteiger partial charge on any atom is -0.507 e. The minimum atomic E-state index is -0.715. The number of carbonyl (C=O) groups is 1. The van der Waals surface area contributed by atoms with Crippen molar-refractivity contribution in [2.45, 2.75) is 26.3 Å². The van der Waals surface area contributed by atoms with Crippen LogP contribution in [0.4, 0.5) is 4.39 Å². The standard InChI is InChI=1S/C14H21FN2O2/c1-4-10(2)17(3)9-8-16-14(19)13-11(15)6-5-7-12(13)18/h5-7,10,18H,4,8-9H2,1-3H3,(H,16,19). The van der Waals surface area contributed by atoms with Gasteiger partial charge in [-0.05, 0) is 32.5 Å². The Morgan fingerprint density at radius 3 is 2.79 bits per heavy atom. The number of carbonyl (C=O) groups excluding carboxylic acids is 1. The third-order valence-electron chi connectivity index (χ3n) is 3.31. The molecular formula is C14H21FN2O2. The van der Waals surface area contributed by atoms with Gasteiger partial charge in [0.05, 0.1) is 0 Å². The van der Waals surface area contributed by atoms with Crippen molar-refractivity contribution >= 4 is 5.91 Å². The molecule has 0 aliphatic rings. The fourth-order valence-corrected chi connectivity index (χ4v) is 1.70. The zero-order valence-corrected chi connectivity index (χ0v) is 11.6. The molecule has 0 saturated heterocycles. The summed E-state index contributed by atoms with van der Waals surface area (Å²) < 4.78 is 13.4. The molecule has 4 nitrogen and oxygen atoms in total. The molecule has 106 valence electrons. The summed E-state index contributed by atoms with van der Waals surface area (Å²) in [4.78, 5) is 13.9. The van der Waals surface area contributed by atoms with Crippen LogP contribution in [-0.2, 0) is 0 Å². The average Bonchev–Trinajstić information content (AvgIpc) is 2.37. The van der Waals surface area contributed by atoms with Gasteiger partial charge in [-0.15, -0.1) is 0 Å². The summed E-state index contributed by atoms with van der Waals surface area (Å²) in [6, 6.07) is 4.24. The summed E-state index contributed by atoms with van der Waals surface area (Å²) in [5.74, 6) is -1.64. The normalized spacial score (nSPS) is 12.5. The number of amides is 1. The molecule has 2 N–H and O–H groups in total. The Hall–Kier alpha value is -1.62. The van der Waals surface area contributed by atoms with Crippen LogP contribution in [0.15, 0.2) is 18.2 Å². The highest BCUT2D eigenvalue weighted by atomic mass is 19.1. The molecule has 0 spiro atoms. The van der Waals surface area contributed by atoms with Crippen LogP contribution in [0.1, 0.15) is 30.6 Å². The van der Waals surface area contributed by atoms with E-state index in [2.05, 4.69) is 24.1 Å². The molecule has 0 aliphatic carbocycles. The van der Waals surface area contributed by atoms with Crippen molar-refractivity contribution in [3.8, 4) is 5.75 Å².